The molecule has 0 nitrogen and oxygen atoms in total. The van der Waals surface area contributed by atoms with Gasteiger partial charge in [-0.25, -0.2) is 4.39 Å². The molecule has 3 fully saturated rings. The van der Waals surface area contributed by atoms with E-state index >= 15 is 0 Å². The van der Waals surface area contributed by atoms with Crippen molar-refractivity contribution in [2.24, 2.45) is 29.6 Å². The zero-order chi connectivity index (χ0) is 19.3. The van der Waals surface area contributed by atoms with Gasteiger partial charge in [-0.1, -0.05) is 63.6 Å². The molecule has 4 unspecified atom stereocenters. The number of fused-ring (bicyclic) bond motifs is 1. The van der Waals surface area contributed by atoms with Crippen molar-refractivity contribution in [1.82, 2.24) is 0 Å². The van der Waals surface area contributed by atoms with Gasteiger partial charge in [-0.2, -0.15) is 0 Å². The molecule has 1 aromatic carbocycles. The predicted molar refractivity (Wildman–Crippen MR) is 117 cm³/mol. The molecule has 3 aliphatic carbocycles. The molecule has 0 aliphatic heterocycles. The van der Waals surface area contributed by atoms with Crippen LogP contribution >= 0.6 is 0 Å². The molecule has 0 saturated heterocycles. The summed E-state index contributed by atoms with van der Waals surface area (Å²) < 4.78 is 14.2. The minimum atomic E-state index is 0.0235. The van der Waals surface area contributed by atoms with Crippen molar-refractivity contribution in [3.8, 4) is 0 Å². The molecule has 0 bridgehead atoms. The smallest absolute Gasteiger partial charge is 0.126 e. The average molecular weight is 385 g/mol. The van der Waals surface area contributed by atoms with Gasteiger partial charge in [0.15, 0.2) is 0 Å². The standard InChI is InChI=1S/C27H41F/c1-2-3-4-7-20-10-12-21(13-11-20)22-14-15-24-19-25(17-16-23(24)18-22)26-8-5-6-9-27(26)28/h5-6,8-9,20-25H,2-4,7,10-19H2,1H3. The highest BCUT2D eigenvalue weighted by atomic mass is 19.1. The first-order valence-electron chi connectivity index (χ1n) is 12.5. The van der Waals surface area contributed by atoms with Crippen molar-refractivity contribution < 1.29 is 4.39 Å². The zero-order valence-corrected chi connectivity index (χ0v) is 18.1. The van der Waals surface area contributed by atoms with Crippen LogP contribution in [0.3, 0.4) is 0 Å². The largest absolute Gasteiger partial charge is 0.207 e. The molecule has 4 rings (SSSR count). The second-order valence-corrected chi connectivity index (χ2v) is 10.4. The monoisotopic (exact) mass is 384 g/mol. The number of rotatable bonds is 6. The van der Waals surface area contributed by atoms with E-state index in [1.807, 2.05) is 18.2 Å². The molecule has 156 valence electrons. The summed E-state index contributed by atoms with van der Waals surface area (Å²) in [6.07, 6.45) is 19.9. The Morgan fingerprint density at radius 1 is 0.750 bits per heavy atom. The molecular weight excluding hydrogens is 343 g/mol. The van der Waals surface area contributed by atoms with E-state index in [1.54, 1.807) is 6.07 Å². The summed E-state index contributed by atoms with van der Waals surface area (Å²) >= 11 is 0. The fourth-order valence-electron chi connectivity index (χ4n) is 7.07. The molecule has 1 heteroatoms. The molecule has 0 amide bonds. The van der Waals surface area contributed by atoms with Crippen LogP contribution in [0.25, 0.3) is 0 Å². The highest BCUT2D eigenvalue weighted by Gasteiger charge is 2.39. The van der Waals surface area contributed by atoms with E-state index in [9.17, 15) is 4.39 Å². The maximum atomic E-state index is 14.2. The van der Waals surface area contributed by atoms with Crippen molar-refractivity contribution >= 4 is 0 Å². The topological polar surface area (TPSA) is 0 Å². The first-order valence-corrected chi connectivity index (χ1v) is 12.5. The van der Waals surface area contributed by atoms with Gasteiger partial charge < -0.3 is 0 Å². The van der Waals surface area contributed by atoms with Crippen molar-refractivity contribution in [3.63, 3.8) is 0 Å². The summed E-state index contributed by atoms with van der Waals surface area (Å²) in [5.41, 5.74) is 0.990. The summed E-state index contributed by atoms with van der Waals surface area (Å²) in [6.45, 7) is 2.32. The number of hydrogen-bond donors (Lipinski definition) is 0. The molecule has 0 spiro atoms. The van der Waals surface area contributed by atoms with Crippen LogP contribution in [-0.4, -0.2) is 0 Å². The Morgan fingerprint density at radius 3 is 2.14 bits per heavy atom. The first-order chi connectivity index (χ1) is 13.7. The number of benzene rings is 1. The number of halogens is 1. The van der Waals surface area contributed by atoms with Gasteiger partial charge in [0, 0.05) is 0 Å². The third kappa shape index (κ3) is 4.82. The Kier molecular flexibility index (Phi) is 7.13. The molecule has 0 N–H and O–H groups in total. The van der Waals surface area contributed by atoms with Crippen LogP contribution in [0.1, 0.15) is 108 Å². The minimum Gasteiger partial charge on any atom is -0.207 e. The maximum absolute atomic E-state index is 14.2. The lowest BCUT2D eigenvalue weighted by Crippen LogP contribution is -2.34. The highest BCUT2D eigenvalue weighted by Crippen LogP contribution is 2.51. The molecule has 0 radical (unpaired) electrons. The van der Waals surface area contributed by atoms with Crippen LogP contribution in [0.5, 0.6) is 0 Å². The first kappa shape index (κ1) is 20.4. The fourth-order valence-corrected chi connectivity index (χ4v) is 7.07. The summed E-state index contributed by atoms with van der Waals surface area (Å²) in [5, 5.41) is 0. The Morgan fingerprint density at radius 2 is 1.39 bits per heavy atom. The van der Waals surface area contributed by atoms with E-state index in [2.05, 4.69) is 6.92 Å². The molecule has 3 saturated carbocycles. The second-order valence-electron chi connectivity index (χ2n) is 10.4. The second kappa shape index (κ2) is 9.77. The van der Waals surface area contributed by atoms with E-state index in [-0.39, 0.29) is 5.82 Å². The maximum Gasteiger partial charge on any atom is 0.126 e. The van der Waals surface area contributed by atoms with Crippen molar-refractivity contribution in [1.29, 1.82) is 0 Å². The molecule has 28 heavy (non-hydrogen) atoms. The third-order valence-electron chi connectivity index (χ3n) is 8.77. The Bertz CT molecular complexity index is 600. The van der Waals surface area contributed by atoms with Crippen LogP contribution in [0, 0.1) is 35.4 Å². The molecular formula is C27H41F. The Labute approximate surface area is 172 Å². The fraction of sp³-hybridized carbons (Fsp3) is 0.778. The highest BCUT2D eigenvalue weighted by molar-refractivity contribution is 5.22. The van der Waals surface area contributed by atoms with Gasteiger partial charge in [0.2, 0.25) is 0 Å². The normalized spacial score (nSPS) is 36.1. The van der Waals surface area contributed by atoms with E-state index in [0.29, 0.717) is 5.92 Å². The average Bonchev–Trinajstić information content (AvgIpc) is 2.74. The molecule has 1 aromatic rings. The Hall–Kier alpha value is -0.850. The zero-order valence-electron chi connectivity index (χ0n) is 18.1. The van der Waals surface area contributed by atoms with E-state index in [1.165, 1.54) is 89.9 Å². The summed E-state index contributed by atoms with van der Waals surface area (Å²) in [6, 6.07) is 7.52. The van der Waals surface area contributed by atoms with Gasteiger partial charge in [-0.15, -0.1) is 0 Å². The van der Waals surface area contributed by atoms with Crippen LogP contribution in [0.4, 0.5) is 4.39 Å². The summed E-state index contributed by atoms with van der Waals surface area (Å²) in [7, 11) is 0. The number of hydrogen-bond acceptors (Lipinski definition) is 0. The molecule has 0 heterocycles. The van der Waals surface area contributed by atoms with Crippen molar-refractivity contribution in [2.45, 2.75) is 103 Å². The van der Waals surface area contributed by atoms with Gasteiger partial charge in [0.25, 0.3) is 0 Å². The predicted octanol–water partition coefficient (Wildman–Crippen LogP) is 8.51. The van der Waals surface area contributed by atoms with Gasteiger partial charge in [-0.3, -0.25) is 0 Å². The van der Waals surface area contributed by atoms with Crippen molar-refractivity contribution in [3.05, 3.63) is 35.6 Å². The lowest BCUT2D eigenvalue weighted by Gasteiger charge is -2.45. The summed E-state index contributed by atoms with van der Waals surface area (Å²) in [4.78, 5) is 0. The SMILES string of the molecule is CCCCCC1CCC(C2CCC3CC(c4ccccc4F)CCC3C2)CC1. The van der Waals surface area contributed by atoms with E-state index in [0.717, 1.165) is 35.2 Å². The molecule has 0 aromatic heterocycles. The summed E-state index contributed by atoms with van der Waals surface area (Å²) in [5.74, 6) is 5.35. The van der Waals surface area contributed by atoms with Gasteiger partial charge in [0.1, 0.15) is 5.82 Å². The van der Waals surface area contributed by atoms with Crippen LogP contribution in [-0.2, 0) is 0 Å². The van der Waals surface area contributed by atoms with Gasteiger partial charge in [0.05, 0.1) is 0 Å². The lowest BCUT2D eigenvalue weighted by atomic mass is 9.60. The van der Waals surface area contributed by atoms with Gasteiger partial charge >= 0.3 is 0 Å². The minimum absolute atomic E-state index is 0.0235. The van der Waals surface area contributed by atoms with Crippen LogP contribution < -0.4 is 0 Å². The third-order valence-corrected chi connectivity index (χ3v) is 8.77. The van der Waals surface area contributed by atoms with E-state index < -0.39 is 0 Å². The van der Waals surface area contributed by atoms with E-state index in [4.69, 9.17) is 0 Å². The Balaban J connectivity index is 1.25. The van der Waals surface area contributed by atoms with Crippen LogP contribution in [0.2, 0.25) is 0 Å². The number of unbranched alkanes of at least 4 members (excludes halogenated alkanes) is 2. The van der Waals surface area contributed by atoms with Crippen LogP contribution in [0.15, 0.2) is 24.3 Å². The molecule has 4 atom stereocenters. The van der Waals surface area contributed by atoms with Gasteiger partial charge in [-0.05, 0) is 98.5 Å². The molecule has 3 aliphatic rings. The van der Waals surface area contributed by atoms with Crippen molar-refractivity contribution in [2.75, 3.05) is 0 Å². The lowest BCUT2D eigenvalue weighted by molar-refractivity contribution is 0.0706. The quantitative estimate of drug-likeness (QED) is 0.431.